The van der Waals surface area contributed by atoms with Crippen molar-refractivity contribution in [1.29, 1.82) is 0 Å². The summed E-state index contributed by atoms with van der Waals surface area (Å²) < 4.78 is 13.6. The van der Waals surface area contributed by atoms with Crippen molar-refractivity contribution in [1.82, 2.24) is 5.32 Å². The summed E-state index contributed by atoms with van der Waals surface area (Å²) >= 11 is 6.32. The highest BCUT2D eigenvalue weighted by Gasteiger charge is 2.54. The summed E-state index contributed by atoms with van der Waals surface area (Å²) in [6, 6.07) is 3.71. The van der Waals surface area contributed by atoms with Gasteiger partial charge in [-0.3, -0.25) is 0 Å². The molecule has 2 aliphatic carbocycles. The molecular weight excluding hydrogens is 273 g/mol. The van der Waals surface area contributed by atoms with Crippen LogP contribution in [0.25, 0.3) is 0 Å². The maximum absolute atomic E-state index is 13.6. The molecule has 2 fully saturated rings. The molecule has 0 aromatic heterocycles. The van der Waals surface area contributed by atoms with Crippen molar-refractivity contribution in [2.24, 2.45) is 17.8 Å². The van der Waals surface area contributed by atoms with Crippen LogP contribution in [0.4, 0.5) is 4.39 Å². The van der Waals surface area contributed by atoms with Gasteiger partial charge in [-0.25, -0.2) is 4.39 Å². The molecule has 0 saturated heterocycles. The number of fused-ring (bicyclic) bond motifs is 1. The van der Waals surface area contributed by atoms with Gasteiger partial charge >= 0.3 is 0 Å². The van der Waals surface area contributed by atoms with Crippen LogP contribution >= 0.6 is 11.6 Å². The first kappa shape index (κ1) is 14.3. The van der Waals surface area contributed by atoms with Crippen molar-refractivity contribution in [3.05, 3.63) is 34.1 Å². The van der Waals surface area contributed by atoms with Crippen molar-refractivity contribution in [3.63, 3.8) is 0 Å². The predicted molar refractivity (Wildman–Crippen MR) is 81.5 cm³/mol. The number of rotatable bonds is 4. The van der Waals surface area contributed by atoms with E-state index >= 15 is 0 Å². The maximum atomic E-state index is 13.6. The third kappa shape index (κ3) is 2.48. The summed E-state index contributed by atoms with van der Waals surface area (Å²) in [4.78, 5) is 0. The standard InChI is InChI=1S/C17H23ClFN/c1-3-20-17(16-11-6-4-5-7-12(11)16)13-8-10(2)15(19)9-14(13)18/h8-9,11-12,16-17,20H,3-7H2,1-2H3. The second-order valence-electron chi connectivity index (χ2n) is 6.35. The van der Waals surface area contributed by atoms with E-state index in [1.165, 1.54) is 31.7 Å². The van der Waals surface area contributed by atoms with Gasteiger partial charge in [0.25, 0.3) is 0 Å². The third-order valence-corrected chi connectivity index (χ3v) is 5.47. The smallest absolute Gasteiger partial charge is 0.127 e. The average Bonchev–Trinajstić information content (AvgIpc) is 3.15. The van der Waals surface area contributed by atoms with Crippen LogP contribution in [0.2, 0.25) is 5.02 Å². The Labute approximate surface area is 125 Å². The minimum absolute atomic E-state index is 0.206. The van der Waals surface area contributed by atoms with Gasteiger partial charge in [-0.2, -0.15) is 0 Å². The first-order chi connectivity index (χ1) is 9.63. The van der Waals surface area contributed by atoms with Crippen molar-refractivity contribution >= 4 is 11.6 Å². The van der Waals surface area contributed by atoms with E-state index in [1.54, 1.807) is 0 Å². The summed E-state index contributed by atoms with van der Waals surface area (Å²) in [6.45, 7) is 4.87. The van der Waals surface area contributed by atoms with Gasteiger partial charge in [-0.1, -0.05) is 37.4 Å². The highest BCUT2D eigenvalue weighted by molar-refractivity contribution is 6.31. The fourth-order valence-corrected chi connectivity index (χ4v) is 4.40. The Morgan fingerprint density at radius 2 is 1.95 bits per heavy atom. The number of halogens is 2. The Kier molecular flexibility index (Phi) is 4.05. The fraction of sp³-hybridized carbons (Fsp3) is 0.647. The van der Waals surface area contributed by atoms with Gasteiger partial charge in [0.2, 0.25) is 0 Å². The van der Waals surface area contributed by atoms with Gasteiger partial charge in [0.1, 0.15) is 5.82 Å². The van der Waals surface area contributed by atoms with Crippen molar-refractivity contribution < 1.29 is 4.39 Å². The monoisotopic (exact) mass is 295 g/mol. The highest BCUT2D eigenvalue weighted by atomic mass is 35.5. The molecule has 1 nitrogen and oxygen atoms in total. The van der Waals surface area contributed by atoms with Crippen molar-refractivity contribution in [3.8, 4) is 0 Å². The third-order valence-electron chi connectivity index (χ3n) is 5.14. The highest BCUT2D eigenvalue weighted by Crippen LogP contribution is 2.60. The normalized spacial score (nSPS) is 29.9. The zero-order valence-electron chi connectivity index (χ0n) is 12.3. The second kappa shape index (κ2) is 5.65. The minimum Gasteiger partial charge on any atom is -0.310 e. The number of hydrogen-bond donors (Lipinski definition) is 1. The number of benzene rings is 1. The lowest BCUT2D eigenvalue weighted by Crippen LogP contribution is -2.24. The summed E-state index contributed by atoms with van der Waals surface area (Å²) in [5.74, 6) is 2.20. The Hall–Kier alpha value is -0.600. The van der Waals surface area contributed by atoms with Gasteiger partial charge in [-0.15, -0.1) is 0 Å². The summed E-state index contributed by atoms with van der Waals surface area (Å²) in [7, 11) is 0. The van der Waals surface area contributed by atoms with E-state index in [9.17, 15) is 4.39 Å². The molecule has 0 amide bonds. The molecule has 3 heteroatoms. The van der Waals surface area contributed by atoms with Gasteiger partial charge in [0.15, 0.2) is 0 Å². The molecule has 3 atom stereocenters. The lowest BCUT2D eigenvalue weighted by atomic mass is 9.97. The lowest BCUT2D eigenvalue weighted by Gasteiger charge is -2.21. The predicted octanol–water partition coefficient (Wildman–Crippen LogP) is 4.87. The largest absolute Gasteiger partial charge is 0.310 e. The van der Waals surface area contributed by atoms with E-state index < -0.39 is 0 Å². The van der Waals surface area contributed by atoms with Crippen LogP contribution in [0.5, 0.6) is 0 Å². The molecule has 110 valence electrons. The first-order valence-electron chi connectivity index (χ1n) is 7.82. The Balaban J connectivity index is 1.89. The molecule has 0 radical (unpaired) electrons. The molecule has 0 bridgehead atoms. The average molecular weight is 296 g/mol. The molecule has 1 aromatic carbocycles. The molecule has 0 aliphatic heterocycles. The van der Waals surface area contributed by atoms with Crippen LogP contribution < -0.4 is 5.32 Å². The fourth-order valence-electron chi connectivity index (χ4n) is 4.13. The van der Waals surface area contributed by atoms with Crippen molar-refractivity contribution in [2.75, 3.05) is 6.54 Å². The van der Waals surface area contributed by atoms with Gasteiger partial charge in [0.05, 0.1) is 0 Å². The van der Waals surface area contributed by atoms with Crippen LogP contribution in [0, 0.1) is 30.5 Å². The summed E-state index contributed by atoms with van der Waals surface area (Å²) in [5, 5.41) is 4.17. The molecule has 1 N–H and O–H groups in total. The van der Waals surface area contributed by atoms with E-state index in [4.69, 9.17) is 11.6 Å². The number of nitrogens with one attached hydrogen (secondary N) is 1. The molecule has 20 heavy (non-hydrogen) atoms. The van der Waals surface area contributed by atoms with Gasteiger partial charge in [0, 0.05) is 11.1 Å². The van der Waals surface area contributed by atoms with E-state index in [0.29, 0.717) is 22.5 Å². The van der Waals surface area contributed by atoms with Gasteiger partial charge < -0.3 is 5.32 Å². The molecule has 1 aromatic rings. The zero-order chi connectivity index (χ0) is 14.3. The lowest BCUT2D eigenvalue weighted by molar-refractivity contribution is 0.455. The van der Waals surface area contributed by atoms with Crippen LogP contribution in [-0.4, -0.2) is 6.54 Å². The molecule has 0 spiro atoms. The summed E-state index contributed by atoms with van der Waals surface area (Å²) in [5.41, 5.74) is 1.78. The van der Waals surface area contributed by atoms with Crippen LogP contribution in [0.1, 0.15) is 49.8 Å². The minimum atomic E-state index is -0.206. The Morgan fingerprint density at radius 3 is 2.55 bits per heavy atom. The molecular formula is C17H23ClFN. The van der Waals surface area contributed by atoms with Gasteiger partial charge in [-0.05, 0) is 61.3 Å². The summed E-state index contributed by atoms with van der Waals surface area (Å²) in [6.07, 6.45) is 5.45. The second-order valence-corrected chi connectivity index (χ2v) is 6.75. The topological polar surface area (TPSA) is 12.0 Å². The Bertz CT molecular complexity index is 490. The van der Waals surface area contributed by atoms with Crippen LogP contribution in [-0.2, 0) is 0 Å². The molecule has 0 heterocycles. The molecule has 2 aliphatic rings. The number of hydrogen-bond acceptors (Lipinski definition) is 1. The van der Waals surface area contributed by atoms with E-state index in [2.05, 4.69) is 12.2 Å². The van der Waals surface area contributed by atoms with Crippen LogP contribution in [0.3, 0.4) is 0 Å². The van der Waals surface area contributed by atoms with Crippen LogP contribution in [0.15, 0.2) is 12.1 Å². The quantitative estimate of drug-likeness (QED) is 0.835. The maximum Gasteiger partial charge on any atom is 0.127 e. The molecule has 3 rings (SSSR count). The molecule has 2 saturated carbocycles. The van der Waals surface area contributed by atoms with E-state index in [1.807, 2.05) is 13.0 Å². The number of aryl methyl sites for hydroxylation is 1. The van der Waals surface area contributed by atoms with E-state index in [-0.39, 0.29) is 5.82 Å². The Morgan fingerprint density at radius 1 is 1.30 bits per heavy atom. The molecule has 3 unspecified atom stereocenters. The SMILES string of the molecule is CCNC(c1cc(C)c(F)cc1Cl)C1C2CCCCC21. The zero-order valence-corrected chi connectivity index (χ0v) is 13.0. The van der Waals surface area contributed by atoms with Crippen molar-refractivity contribution in [2.45, 2.75) is 45.6 Å². The first-order valence-corrected chi connectivity index (χ1v) is 8.20. The van der Waals surface area contributed by atoms with E-state index in [0.717, 1.165) is 23.9 Å².